The number of benzene rings is 1. The molecule has 8 heteroatoms. The third kappa shape index (κ3) is 4.87. The van der Waals surface area contributed by atoms with Crippen molar-refractivity contribution in [2.24, 2.45) is 5.92 Å². The fourth-order valence-electron chi connectivity index (χ4n) is 2.46. The third-order valence-electron chi connectivity index (χ3n) is 4.34. The molecule has 0 unspecified atom stereocenters. The predicted molar refractivity (Wildman–Crippen MR) is 96.0 cm³/mol. The van der Waals surface area contributed by atoms with Crippen molar-refractivity contribution in [3.63, 3.8) is 0 Å². The minimum atomic E-state index is -0.693. The summed E-state index contributed by atoms with van der Waals surface area (Å²) in [6.45, 7) is 5.79. The minimum Gasteiger partial charge on any atom is -0.467 e. The molecule has 26 heavy (non-hydrogen) atoms. The van der Waals surface area contributed by atoms with Crippen LogP contribution in [0.15, 0.2) is 24.3 Å². The zero-order valence-corrected chi connectivity index (χ0v) is 15.6. The van der Waals surface area contributed by atoms with Crippen molar-refractivity contribution in [3.8, 4) is 11.4 Å². The highest BCUT2D eigenvalue weighted by molar-refractivity contribution is 5.84. The van der Waals surface area contributed by atoms with Crippen molar-refractivity contribution in [2.75, 3.05) is 7.11 Å². The molecule has 1 amide bonds. The summed E-state index contributed by atoms with van der Waals surface area (Å²) in [6, 6.07) is 7.18. The summed E-state index contributed by atoms with van der Waals surface area (Å²) in [5.74, 6) is -0.420. The van der Waals surface area contributed by atoms with Crippen LogP contribution < -0.4 is 5.32 Å². The van der Waals surface area contributed by atoms with Crippen molar-refractivity contribution in [3.05, 3.63) is 29.8 Å². The number of esters is 1. The van der Waals surface area contributed by atoms with Gasteiger partial charge in [0.25, 0.3) is 0 Å². The fraction of sp³-hybridized carbons (Fsp3) is 0.500. The van der Waals surface area contributed by atoms with Crippen LogP contribution in [0.1, 0.15) is 32.8 Å². The van der Waals surface area contributed by atoms with Gasteiger partial charge in [-0.05, 0) is 23.1 Å². The zero-order chi connectivity index (χ0) is 19.1. The molecule has 2 atom stereocenters. The number of aromatic nitrogens is 4. The molecule has 1 aromatic heterocycles. The number of hydrogen-bond donors (Lipinski definition) is 1. The third-order valence-corrected chi connectivity index (χ3v) is 4.34. The minimum absolute atomic E-state index is 0.0391. The lowest BCUT2D eigenvalue weighted by atomic mass is 9.99. The number of ether oxygens (including phenoxy) is 1. The zero-order valence-electron chi connectivity index (χ0n) is 15.6. The second kappa shape index (κ2) is 9.07. The van der Waals surface area contributed by atoms with Crippen LogP contribution in [0.3, 0.4) is 0 Å². The summed E-state index contributed by atoms with van der Waals surface area (Å²) in [6.07, 6.45) is 1.69. The molecule has 1 aromatic carbocycles. The van der Waals surface area contributed by atoms with Gasteiger partial charge in [0.1, 0.15) is 12.6 Å². The average molecular weight is 359 g/mol. The van der Waals surface area contributed by atoms with Crippen LogP contribution in [-0.2, 0) is 27.3 Å². The van der Waals surface area contributed by atoms with E-state index in [0.29, 0.717) is 5.82 Å². The number of nitrogens with one attached hydrogen (secondary N) is 1. The lowest BCUT2D eigenvalue weighted by Gasteiger charge is -2.21. The van der Waals surface area contributed by atoms with Gasteiger partial charge in [-0.25, -0.2) is 4.79 Å². The molecule has 2 aromatic rings. The molecule has 0 fully saturated rings. The number of tetrazole rings is 1. The largest absolute Gasteiger partial charge is 0.467 e. The van der Waals surface area contributed by atoms with Crippen LogP contribution in [-0.4, -0.2) is 45.2 Å². The summed E-state index contributed by atoms with van der Waals surface area (Å²) >= 11 is 0. The molecular weight excluding hydrogens is 334 g/mol. The van der Waals surface area contributed by atoms with Gasteiger partial charge >= 0.3 is 5.97 Å². The number of aryl methyl sites for hydroxylation is 1. The van der Waals surface area contributed by atoms with E-state index in [9.17, 15) is 9.59 Å². The average Bonchev–Trinajstić information content (AvgIpc) is 3.13. The van der Waals surface area contributed by atoms with E-state index in [1.807, 2.05) is 38.1 Å². The van der Waals surface area contributed by atoms with Gasteiger partial charge in [0.2, 0.25) is 11.7 Å². The van der Waals surface area contributed by atoms with Crippen LogP contribution in [0.4, 0.5) is 0 Å². The number of amides is 1. The summed E-state index contributed by atoms with van der Waals surface area (Å²) in [4.78, 5) is 25.3. The van der Waals surface area contributed by atoms with E-state index in [2.05, 4.69) is 27.7 Å². The molecule has 0 spiro atoms. The Bertz CT molecular complexity index is 742. The number of carbonyl (C=O) groups excluding carboxylic acids is 2. The topological polar surface area (TPSA) is 99.0 Å². The van der Waals surface area contributed by atoms with E-state index in [-0.39, 0.29) is 18.4 Å². The van der Waals surface area contributed by atoms with Crippen molar-refractivity contribution in [1.82, 2.24) is 25.5 Å². The Labute approximate surface area is 152 Å². The Kier molecular flexibility index (Phi) is 6.82. The Balaban J connectivity index is 2.02. The Morgan fingerprint density at radius 2 is 1.92 bits per heavy atom. The first-order valence-corrected chi connectivity index (χ1v) is 8.72. The summed E-state index contributed by atoms with van der Waals surface area (Å²) in [5, 5.41) is 14.8. The smallest absolute Gasteiger partial charge is 0.328 e. The predicted octanol–water partition coefficient (Wildman–Crippen LogP) is 1.61. The van der Waals surface area contributed by atoms with Gasteiger partial charge in [-0.15, -0.1) is 10.2 Å². The summed E-state index contributed by atoms with van der Waals surface area (Å²) in [5.41, 5.74) is 2.06. The van der Waals surface area contributed by atoms with Crippen LogP contribution >= 0.6 is 0 Å². The second-order valence-electron chi connectivity index (χ2n) is 6.15. The highest BCUT2D eigenvalue weighted by atomic mass is 16.5. The van der Waals surface area contributed by atoms with E-state index in [0.717, 1.165) is 18.4 Å². The molecule has 0 saturated heterocycles. The van der Waals surface area contributed by atoms with Crippen LogP contribution in [0.2, 0.25) is 0 Å². The van der Waals surface area contributed by atoms with Crippen molar-refractivity contribution in [1.29, 1.82) is 0 Å². The SMILES string of the molecule is CCc1ccc(-c2nnn(CC(=O)N[C@H](C(=O)OC)[C@@H](C)CC)n2)cc1. The first-order chi connectivity index (χ1) is 12.5. The van der Waals surface area contributed by atoms with Crippen LogP contribution in [0, 0.1) is 5.92 Å². The van der Waals surface area contributed by atoms with Gasteiger partial charge < -0.3 is 10.1 Å². The lowest BCUT2D eigenvalue weighted by Crippen LogP contribution is -2.46. The Hall–Kier alpha value is -2.77. The van der Waals surface area contributed by atoms with E-state index in [1.54, 1.807) is 0 Å². The van der Waals surface area contributed by atoms with Gasteiger partial charge in [0.15, 0.2) is 0 Å². The van der Waals surface area contributed by atoms with Gasteiger partial charge in [0, 0.05) is 5.56 Å². The molecule has 0 aliphatic carbocycles. The number of nitrogens with zero attached hydrogens (tertiary/aromatic N) is 4. The van der Waals surface area contributed by atoms with E-state index < -0.39 is 12.0 Å². The summed E-state index contributed by atoms with van der Waals surface area (Å²) < 4.78 is 4.76. The maximum Gasteiger partial charge on any atom is 0.328 e. The normalized spacial score (nSPS) is 13.1. The molecule has 0 radical (unpaired) electrons. The maximum atomic E-state index is 12.2. The molecule has 1 heterocycles. The van der Waals surface area contributed by atoms with Gasteiger partial charge in [-0.2, -0.15) is 4.80 Å². The monoisotopic (exact) mass is 359 g/mol. The maximum absolute atomic E-state index is 12.2. The lowest BCUT2D eigenvalue weighted by molar-refractivity contribution is -0.146. The standard InChI is InChI=1S/C18H25N5O3/c1-5-12(3)16(18(25)26-4)19-15(24)11-23-21-17(20-22-23)14-9-7-13(6-2)8-10-14/h7-10,12,16H,5-6,11H2,1-4H3,(H,19,24)/t12-,16-/m0/s1. The number of methoxy groups -OCH3 is 1. The quantitative estimate of drug-likeness (QED) is 0.719. The molecule has 8 nitrogen and oxygen atoms in total. The molecule has 1 N–H and O–H groups in total. The van der Waals surface area contributed by atoms with Gasteiger partial charge in [-0.1, -0.05) is 51.5 Å². The van der Waals surface area contributed by atoms with Crippen molar-refractivity contribution < 1.29 is 14.3 Å². The first-order valence-electron chi connectivity index (χ1n) is 8.72. The van der Waals surface area contributed by atoms with Crippen molar-refractivity contribution in [2.45, 2.75) is 46.2 Å². The highest BCUT2D eigenvalue weighted by Crippen LogP contribution is 2.15. The molecule has 0 aliphatic heterocycles. The number of hydrogen-bond acceptors (Lipinski definition) is 6. The Morgan fingerprint density at radius 1 is 1.23 bits per heavy atom. The molecule has 0 bridgehead atoms. The second-order valence-corrected chi connectivity index (χ2v) is 6.15. The van der Waals surface area contributed by atoms with E-state index in [4.69, 9.17) is 4.74 Å². The molecule has 0 saturated carbocycles. The number of rotatable bonds is 8. The highest BCUT2D eigenvalue weighted by Gasteiger charge is 2.26. The fourth-order valence-corrected chi connectivity index (χ4v) is 2.46. The number of carbonyl (C=O) groups is 2. The van der Waals surface area contributed by atoms with E-state index in [1.165, 1.54) is 17.5 Å². The molecular formula is C18H25N5O3. The van der Waals surface area contributed by atoms with Crippen LogP contribution in [0.25, 0.3) is 11.4 Å². The summed E-state index contributed by atoms with van der Waals surface area (Å²) in [7, 11) is 1.30. The molecule has 0 aliphatic rings. The van der Waals surface area contributed by atoms with Crippen LogP contribution in [0.5, 0.6) is 0 Å². The van der Waals surface area contributed by atoms with E-state index >= 15 is 0 Å². The van der Waals surface area contributed by atoms with Gasteiger partial charge in [-0.3, -0.25) is 4.79 Å². The molecule has 2 rings (SSSR count). The van der Waals surface area contributed by atoms with Gasteiger partial charge in [0.05, 0.1) is 7.11 Å². The van der Waals surface area contributed by atoms with Crippen molar-refractivity contribution >= 4 is 11.9 Å². The molecule has 140 valence electrons. The first kappa shape index (κ1) is 19.6. The Morgan fingerprint density at radius 3 is 2.50 bits per heavy atom.